The molecule has 5 heterocycles. The summed E-state index contributed by atoms with van der Waals surface area (Å²) < 4.78 is 8.73. The molecule has 4 nitrogen and oxygen atoms in total. The maximum Gasteiger partial charge on any atom is 0.141 e. The van der Waals surface area contributed by atoms with Crippen LogP contribution >= 0.6 is 0 Å². The Kier molecular flexibility index (Phi) is 3.54. The molecule has 6 rings (SSSR count). The molecule has 0 amide bonds. The quantitative estimate of drug-likeness (QED) is 0.435. The predicted molar refractivity (Wildman–Crippen MR) is 120 cm³/mol. The van der Waals surface area contributed by atoms with Gasteiger partial charge in [0.1, 0.15) is 11.3 Å². The molecule has 3 aromatic rings. The summed E-state index contributed by atoms with van der Waals surface area (Å²) in [7, 11) is 0. The number of imidazole rings is 1. The van der Waals surface area contributed by atoms with Crippen molar-refractivity contribution in [2.75, 3.05) is 0 Å². The van der Waals surface area contributed by atoms with Crippen LogP contribution in [0.15, 0.2) is 24.4 Å². The molecule has 0 saturated carbocycles. The standard InChI is InChI=1S/C26H31N3O/c1-25(2,3)22-12-19-18(13-27-22)28-24-15-11-17-16(20-7-8-21(17)30-20)9-14(15)10-23(29(19)24)26(4,5)6/h9,11-13,20-21,23H,7-8,10H2,1-6H3. The molecule has 2 bridgehead atoms. The van der Waals surface area contributed by atoms with E-state index < -0.39 is 0 Å². The van der Waals surface area contributed by atoms with Gasteiger partial charge in [-0.15, -0.1) is 0 Å². The highest BCUT2D eigenvalue weighted by Gasteiger charge is 2.41. The minimum Gasteiger partial charge on any atom is -0.366 e. The smallest absolute Gasteiger partial charge is 0.141 e. The molecule has 4 heteroatoms. The van der Waals surface area contributed by atoms with E-state index in [9.17, 15) is 0 Å². The van der Waals surface area contributed by atoms with Gasteiger partial charge in [-0.1, -0.05) is 47.6 Å². The zero-order valence-electron chi connectivity index (χ0n) is 18.9. The molecule has 2 aromatic heterocycles. The summed E-state index contributed by atoms with van der Waals surface area (Å²) in [6.07, 6.45) is 5.91. The van der Waals surface area contributed by atoms with Gasteiger partial charge in [-0.2, -0.15) is 0 Å². The summed E-state index contributed by atoms with van der Waals surface area (Å²) in [6.45, 7) is 13.7. The Morgan fingerprint density at radius 3 is 2.33 bits per heavy atom. The van der Waals surface area contributed by atoms with Gasteiger partial charge in [0, 0.05) is 22.7 Å². The number of fused-ring (bicyclic) bond motifs is 10. The van der Waals surface area contributed by atoms with Crippen molar-refractivity contribution in [3.8, 4) is 11.4 Å². The van der Waals surface area contributed by atoms with E-state index in [-0.39, 0.29) is 16.9 Å². The molecule has 3 unspecified atom stereocenters. The average Bonchev–Trinajstić information content (AvgIpc) is 3.37. The largest absolute Gasteiger partial charge is 0.366 e. The first-order valence-electron chi connectivity index (χ1n) is 11.3. The molecule has 1 saturated heterocycles. The van der Waals surface area contributed by atoms with Crippen LogP contribution in [0.25, 0.3) is 22.4 Å². The molecule has 30 heavy (non-hydrogen) atoms. The van der Waals surface area contributed by atoms with E-state index in [1.807, 2.05) is 6.20 Å². The Labute approximate surface area is 178 Å². The molecule has 3 aliphatic heterocycles. The van der Waals surface area contributed by atoms with Crippen molar-refractivity contribution in [2.45, 2.75) is 84.5 Å². The molecule has 1 aromatic carbocycles. The van der Waals surface area contributed by atoms with E-state index in [2.05, 4.69) is 64.3 Å². The third-order valence-corrected chi connectivity index (χ3v) is 7.33. The van der Waals surface area contributed by atoms with Crippen molar-refractivity contribution in [3.05, 3.63) is 46.8 Å². The maximum atomic E-state index is 6.22. The summed E-state index contributed by atoms with van der Waals surface area (Å²) >= 11 is 0. The number of nitrogens with zero attached hydrogens (tertiary/aromatic N) is 3. The number of hydrogen-bond acceptors (Lipinski definition) is 3. The fourth-order valence-electron chi connectivity index (χ4n) is 5.62. The Morgan fingerprint density at radius 1 is 0.967 bits per heavy atom. The second kappa shape index (κ2) is 5.73. The van der Waals surface area contributed by atoms with Crippen molar-refractivity contribution in [3.63, 3.8) is 0 Å². The van der Waals surface area contributed by atoms with E-state index in [1.54, 1.807) is 0 Å². The van der Waals surface area contributed by atoms with Crippen LogP contribution in [0.4, 0.5) is 0 Å². The lowest BCUT2D eigenvalue weighted by Gasteiger charge is -2.37. The first kappa shape index (κ1) is 18.6. The number of aromatic nitrogens is 3. The average molecular weight is 402 g/mol. The van der Waals surface area contributed by atoms with E-state index in [0.717, 1.165) is 29.9 Å². The monoisotopic (exact) mass is 401 g/mol. The van der Waals surface area contributed by atoms with Crippen molar-refractivity contribution in [1.29, 1.82) is 0 Å². The van der Waals surface area contributed by atoms with Gasteiger partial charge >= 0.3 is 0 Å². The van der Waals surface area contributed by atoms with Gasteiger partial charge in [0.15, 0.2) is 0 Å². The number of pyridine rings is 1. The van der Waals surface area contributed by atoms with Gasteiger partial charge in [0.05, 0.1) is 23.9 Å². The normalized spacial score (nSPS) is 24.8. The molecule has 156 valence electrons. The van der Waals surface area contributed by atoms with E-state index >= 15 is 0 Å². The van der Waals surface area contributed by atoms with Gasteiger partial charge in [0.25, 0.3) is 0 Å². The summed E-state index contributed by atoms with van der Waals surface area (Å²) in [6, 6.07) is 7.46. The second-order valence-corrected chi connectivity index (χ2v) is 11.5. The minimum absolute atomic E-state index is 0.0140. The lowest BCUT2D eigenvalue weighted by atomic mass is 9.78. The molecular weight excluding hydrogens is 370 g/mol. The van der Waals surface area contributed by atoms with Crippen LogP contribution in [0.2, 0.25) is 0 Å². The van der Waals surface area contributed by atoms with Crippen molar-refractivity contribution in [2.24, 2.45) is 5.41 Å². The fourth-order valence-corrected chi connectivity index (χ4v) is 5.62. The van der Waals surface area contributed by atoms with Crippen LogP contribution in [-0.4, -0.2) is 14.5 Å². The lowest BCUT2D eigenvalue weighted by molar-refractivity contribution is 0.0716. The number of rotatable bonds is 0. The Balaban J connectivity index is 1.63. The van der Waals surface area contributed by atoms with Crippen LogP contribution in [0, 0.1) is 5.41 Å². The molecule has 0 spiro atoms. The molecule has 3 atom stereocenters. The highest BCUT2D eigenvalue weighted by atomic mass is 16.5. The number of ether oxygens (including phenoxy) is 1. The van der Waals surface area contributed by atoms with Crippen LogP contribution in [0.1, 0.15) is 95.0 Å². The molecule has 0 N–H and O–H groups in total. The van der Waals surface area contributed by atoms with Gasteiger partial charge < -0.3 is 9.30 Å². The summed E-state index contributed by atoms with van der Waals surface area (Å²) in [5, 5.41) is 0. The summed E-state index contributed by atoms with van der Waals surface area (Å²) in [4.78, 5) is 9.89. The predicted octanol–water partition coefficient (Wildman–Crippen LogP) is 6.45. The highest BCUT2D eigenvalue weighted by molar-refractivity contribution is 5.83. The molecule has 1 fully saturated rings. The Morgan fingerprint density at radius 2 is 1.67 bits per heavy atom. The third kappa shape index (κ3) is 2.49. The number of hydrogen-bond donors (Lipinski definition) is 0. The fraction of sp³-hybridized carbons (Fsp3) is 0.538. The van der Waals surface area contributed by atoms with Crippen LogP contribution in [0.5, 0.6) is 0 Å². The van der Waals surface area contributed by atoms with E-state index in [1.165, 1.54) is 34.2 Å². The Hall–Kier alpha value is -2.20. The molecule has 3 aliphatic rings. The highest BCUT2D eigenvalue weighted by Crippen LogP contribution is 2.54. The van der Waals surface area contributed by atoms with Crippen LogP contribution < -0.4 is 0 Å². The third-order valence-electron chi connectivity index (χ3n) is 7.33. The zero-order valence-corrected chi connectivity index (χ0v) is 18.9. The summed E-state index contributed by atoms with van der Waals surface area (Å²) in [5.74, 6) is 1.10. The van der Waals surface area contributed by atoms with Crippen molar-refractivity contribution in [1.82, 2.24) is 14.5 Å². The van der Waals surface area contributed by atoms with Crippen molar-refractivity contribution >= 4 is 11.0 Å². The molecule has 0 aliphatic carbocycles. The molecular formula is C26H31N3O. The van der Waals surface area contributed by atoms with Gasteiger partial charge in [0.2, 0.25) is 0 Å². The minimum atomic E-state index is 0.0140. The topological polar surface area (TPSA) is 39.9 Å². The van der Waals surface area contributed by atoms with Gasteiger partial charge in [-0.3, -0.25) is 4.98 Å². The first-order chi connectivity index (χ1) is 14.1. The van der Waals surface area contributed by atoms with Crippen LogP contribution in [-0.2, 0) is 16.6 Å². The van der Waals surface area contributed by atoms with Gasteiger partial charge in [-0.25, -0.2) is 4.98 Å². The number of benzene rings is 1. The van der Waals surface area contributed by atoms with E-state index in [0.29, 0.717) is 12.1 Å². The van der Waals surface area contributed by atoms with E-state index in [4.69, 9.17) is 14.7 Å². The SMILES string of the molecule is CC(C)(C)c1cc2c(cn1)nc1n2C(C(C)(C)C)Cc2cc3c(cc2-1)C1CCC3O1. The Bertz CT molecular complexity index is 1190. The summed E-state index contributed by atoms with van der Waals surface area (Å²) in [5.41, 5.74) is 9.02. The van der Waals surface area contributed by atoms with Crippen LogP contribution in [0.3, 0.4) is 0 Å². The maximum absolute atomic E-state index is 6.22. The second-order valence-electron chi connectivity index (χ2n) is 11.5. The first-order valence-corrected chi connectivity index (χ1v) is 11.3. The van der Waals surface area contributed by atoms with Crippen molar-refractivity contribution < 1.29 is 4.74 Å². The molecule has 0 radical (unpaired) electrons. The zero-order chi connectivity index (χ0) is 21.0. The van der Waals surface area contributed by atoms with Gasteiger partial charge in [-0.05, 0) is 53.5 Å². The lowest BCUT2D eigenvalue weighted by Crippen LogP contribution is -2.30.